The van der Waals surface area contributed by atoms with E-state index in [0.717, 1.165) is 19.6 Å². The van der Waals surface area contributed by atoms with Crippen LogP contribution in [0.4, 0.5) is 0 Å². The van der Waals surface area contributed by atoms with Crippen molar-refractivity contribution < 1.29 is 0 Å². The van der Waals surface area contributed by atoms with Gasteiger partial charge in [-0.2, -0.15) is 0 Å². The summed E-state index contributed by atoms with van der Waals surface area (Å²) in [4.78, 5) is 2.43. The Kier molecular flexibility index (Phi) is 6.15. The number of nitrogens with one attached hydrogen (secondary N) is 2. The summed E-state index contributed by atoms with van der Waals surface area (Å²) in [5.74, 6) is 0. The highest BCUT2D eigenvalue weighted by Crippen LogP contribution is 1.94. The number of nitrogens with zero attached hydrogens (tertiary/aromatic N) is 1. The summed E-state index contributed by atoms with van der Waals surface area (Å²) in [6.07, 6.45) is 3.79. The van der Waals surface area contributed by atoms with Gasteiger partial charge in [0.15, 0.2) is 0 Å². The first-order valence-electron chi connectivity index (χ1n) is 5.91. The Morgan fingerprint density at radius 1 is 1.07 bits per heavy atom. The summed E-state index contributed by atoms with van der Waals surface area (Å²) in [6, 6.07) is 0.659. The van der Waals surface area contributed by atoms with Crippen molar-refractivity contribution in [3.8, 4) is 0 Å². The largest absolute Gasteiger partial charge is 0.317 e. The molecule has 0 aliphatic carbocycles. The minimum Gasteiger partial charge on any atom is -0.317 e. The first kappa shape index (κ1) is 12.0. The Morgan fingerprint density at radius 3 is 2.57 bits per heavy atom. The molecule has 0 aromatic rings. The van der Waals surface area contributed by atoms with Crippen LogP contribution in [0.1, 0.15) is 26.2 Å². The summed E-state index contributed by atoms with van der Waals surface area (Å²) >= 11 is 0. The SMILES string of the molecule is CC1CCNCCCN(C)CCCN1. The van der Waals surface area contributed by atoms with E-state index in [0.29, 0.717) is 6.04 Å². The van der Waals surface area contributed by atoms with Crippen LogP contribution in [0, 0.1) is 0 Å². The Labute approximate surface area is 88.2 Å². The lowest BCUT2D eigenvalue weighted by Gasteiger charge is -2.20. The van der Waals surface area contributed by atoms with Gasteiger partial charge in [-0.1, -0.05) is 0 Å². The lowest BCUT2D eigenvalue weighted by molar-refractivity contribution is 0.312. The molecule has 2 N–H and O–H groups in total. The summed E-state index contributed by atoms with van der Waals surface area (Å²) in [7, 11) is 2.22. The van der Waals surface area contributed by atoms with Crippen LogP contribution in [-0.2, 0) is 0 Å². The highest BCUT2D eigenvalue weighted by molar-refractivity contribution is 4.65. The second-order valence-corrected chi connectivity index (χ2v) is 4.40. The van der Waals surface area contributed by atoms with Gasteiger partial charge < -0.3 is 15.5 Å². The molecule has 84 valence electrons. The highest BCUT2D eigenvalue weighted by atomic mass is 15.1. The van der Waals surface area contributed by atoms with Gasteiger partial charge in [-0.25, -0.2) is 0 Å². The molecule has 1 saturated heterocycles. The maximum absolute atomic E-state index is 3.55. The fourth-order valence-electron chi connectivity index (χ4n) is 1.83. The number of hydrogen-bond donors (Lipinski definition) is 2. The Hall–Kier alpha value is -0.120. The van der Waals surface area contributed by atoms with Crippen LogP contribution in [0.2, 0.25) is 0 Å². The van der Waals surface area contributed by atoms with Crippen LogP contribution >= 0.6 is 0 Å². The van der Waals surface area contributed by atoms with E-state index in [9.17, 15) is 0 Å². The van der Waals surface area contributed by atoms with E-state index in [2.05, 4.69) is 29.5 Å². The lowest BCUT2D eigenvalue weighted by atomic mass is 10.2. The van der Waals surface area contributed by atoms with Gasteiger partial charge in [0, 0.05) is 6.04 Å². The highest BCUT2D eigenvalue weighted by Gasteiger charge is 2.03. The van der Waals surface area contributed by atoms with Gasteiger partial charge in [-0.3, -0.25) is 0 Å². The second kappa shape index (κ2) is 7.21. The summed E-state index contributed by atoms with van der Waals surface area (Å²) < 4.78 is 0. The molecule has 0 aromatic carbocycles. The molecule has 3 heteroatoms. The molecule has 3 nitrogen and oxygen atoms in total. The first-order valence-corrected chi connectivity index (χ1v) is 5.91. The molecule has 0 radical (unpaired) electrons. The van der Waals surface area contributed by atoms with Crippen molar-refractivity contribution in [2.75, 3.05) is 39.8 Å². The molecular formula is C11H25N3. The number of rotatable bonds is 0. The van der Waals surface area contributed by atoms with Gasteiger partial charge >= 0.3 is 0 Å². The van der Waals surface area contributed by atoms with Crippen LogP contribution in [0.15, 0.2) is 0 Å². The van der Waals surface area contributed by atoms with E-state index in [1.165, 1.54) is 32.4 Å². The van der Waals surface area contributed by atoms with Crippen molar-refractivity contribution in [1.82, 2.24) is 15.5 Å². The van der Waals surface area contributed by atoms with E-state index < -0.39 is 0 Å². The van der Waals surface area contributed by atoms with Crippen molar-refractivity contribution in [2.45, 2.75) is 32.2 Å². The zero-order valence-corrected chi connectivity index (χ0v) is 9.68. The van der Waals surface area contributed by atoms with Crippen LogP contribution in [-0.4, -0.2) is 50.7 Å². The smallest absolute Gasteiger partial charge is 0.00508 e. The predicted molar refractivity (Wildman–Crippen MR) is 61.7 cm³/mol. The quantitative estimate of drug-likeness (QED) is 0.600. The van der Waals surface area contributed by atoms with Crippen molar-refractivity contribution in [3.05, 3.63) is 0 Å². The average Bonchev–Trinajstić information content (AvgIpc) is 2.16. The van der Waals surface area contributed by atoms with E-state index >= 15 is 0 Å². The molecule has 0 amide bonds. The van der Waals surface area contributed by atoms with Crippen LogP contribution in [0.25, 0.3) is 0 Å². The minimum absolute atomic E-state index is 0.659. The Balaban J connectivity index is 2.20. The normalized spacial score (nSPS) is 29.1. The van der Waals surface area contributed by atoms with Gasteiger partial charge in [0.1, 0.15) is 0 Å². The molecule has 1 rings (SSSR count). The molecule has 1 aliphatic heterocycles. The van der Waals surface area contributed by atoms with Gasteiger partial charge in [0.25, 0.3) is 0 Å². The fraction of sp³-hybridized carbons (Fsp3) is 1.00. The Bertz CT molecular complexity index is 122. The fourth-order valence-corrected chi connectivity index (χ4v) is 1.83. The third kappa shape index (κ3) is 5.58. The van der Waals surface area contributed by atoms with Crippen LogP contribution in [0.5, 0.6) is 0 Å². The van der Waals surface area contributed by atoms with Gasteiger partial charge in [-0.15, -0.1) is 0 Å². The average molecular weight is 199 g/mol. The summed E-state index contributed by atoms with van der Waals surface area (Å²) in [6.45, 7) is 8.19. The molecule has 1 heterocycles. The van der Waals surface area contributed by atoms with E-state index in [1.54, 1.807) is 0 Å². The zero-order chi connectivity index (χ0) is 10.2. The molecule has 14 heavy (non-hydrogen) atoms. The summed E-state index contributed by atoms with van der Waals surface area (Å²) in [5.41, 5.74) is 0. The third-order valence-corrected chi connectivity index (χ3v) is 2.86. The van der Waals surface area contributed by atoms with E-state index in [4.69, 9.17) is 0 Å². The van der Waals surface area contributed by atoms with E-state index in [-0.39, 0.29) is 0 Å². The number of hydrogen-bond acceptors (Lipinski definition) is 3. The van der Waals surface area contributed by atoms with E-state index in [1.807, 2.05) is 0 Å². The summed E-state index contributed by atoms with van der Waals surface area (Å²) in [5, 5.41) is 7.04. The molecule has 1 aliphatic rings. The van der Waals surface area contributed by atoms with Crippen LogP contribution in [0.3, 0.4) is 0 Å². The molecule has 0 aromatic heterocycles. The van der Waals surface area contributed by atoms with Crippen molar-refractivity contribution in [2.24, 2.45) is 0 Å². The molecule has 0 spiro atoms. The molecule has 0 bridgehead atoms. The standard InChI is InChI=1S/C11H25N3/c1-11-5-8-12-6-3-9-14(2)10-4-7-13-11/h11-13H,3-10H2,1-2H3. The van der Waals surface area contributed by atoms with Crippen LogP contribution < -0.4 is 10.6 Å². The zero-order valence-electron chi connectivity index (χ0n) is 9.68. The monoisotopic (exact) mass is 199 g/mol. The predicted octanol–water partition coefficient (Wildman–Crippen LogP) is 0.670. The molecule has 1 atom stereocenters. The molecule has 1 unspecified atom stereocenters. The van der Waals surface area contributed by atoms with Gasteiger partial charge in [0.2, 0.25) is 0 Å². The second-order valence-electron chi connectivity index (χ2n) is 4.40. The van der Waals surface area contributed by atoms with Crippen molar-refractivity contribution >= 4 is 0 Å². The van der Waals surface area contributed by atoms with Gasteiger partial charge in [-0.05, 0) is 66.0 Å². The first-order chi connectivity index (χ1) is 6.79. The van der Waals surface area contributed by atoms with Crippen molar-refractivity contribution in [1.29, 1.82) is 0 Å². The lowest BCUT2D eigenvalue weighted by Crippen LogP contribution is -2.34. The molecule has 1 fully saturated rings. The Morgan fingerprint density at radius 2 is 1.79 bits per heavy atom. The molecule has 0 saturated carbocycles. The molecular weight excluding hydrogens is 174 g/mol. The topological polar surface area (TPSA) is 27.3 Å². The maximum atomic E-state index is 3.55. The van der Waals surface area contributed by atoms with Gasteiger partial charge in [0.05, 0.1) is 0 Å². The maximum Gasteiger partial charge on any atom is 0.00508 e. The minimum atomic E-state index is 0.659. The van der Waals surface area contributed by atoms with Crippen molar-refractivity contribution in [3.63, 3.8) is 0 Å². The third-order valence-electron chi connectivity index (χ3n) is 2.86.